The molecule has 0 saturated carbocycles. The molecule has 3 N–H and O–H groups in total. The predicted octanol–water partition coefficient (Wildman–Crippen LogP) is 2.35. The molecule has 1 atom stereocenters. The molecule has 0 spiro atoms. The number of hydrogen-bond acceptors (Lipinski definition) is 4. The number of nitrogens with zero attached hydrogens (tertiary/aromatic N) is 1. The Bertz CT molecular complexity index is 528. The summed E-state index contributed by atoms with van der Waals surface area (Å²) >= 11 is 2.02. The van der Waals surface area contributed by atoms with E-state index in [9.17, 15) is 5.11 Å². The van der Waals surface area contributed by atoms with Crippen molar-refractivity contribution in [3.63, 3.8) is 0 Å². The van der Waals surface area contributed by atoms with Gasteiger partial charge in [-0.05, 0) is 43.7 Å². The number of aromatic hydroxyl groups is 1. The third-order valence-corrected chi connectivity index (χ3v) is 5.42. The maximum atomic E-state index is 9.90. The van der Waals surface area contributed by atoms with Gasteiger partial charge in [-0.15, -0.1) is 0 Å². The number of benzene rings is 1. The SMILES string of the molecule is CN=C(NCc1cc(OC)ccc1O)NCC1(C)CCCS1. The average Bonchev–Trinajstić information content (AvgIpc) is 2.96. The molecule has 1 aliphatic rings. The van der Waals surface area contributed by atoms with Crippen LogP contribution in [0.15, 0.2) is 23.2 Å². The van der Waals surface area contributed by atoms with E-state index in [4.69, 9.17) is 4.74 Å². The normalized spacial score (nSPS) is 21.7. The van der Waals surface area contributed by atoms with Crippen LogP contribution in [0.2, 0.25) is 0 Å². The molecule has 6 heteroatoms. The molecule has 0 bridgehead atoms. The van der Waals surface area contributed by atoms with Crippen LogP contribution in [0.4, 0.5) is 0 Å². The molecule has 0 aromatic heterocycles. The van der Waals surface area contributed by atoms with Crippen molar-refractivity contribution >= 4 is 17.7 Å². The zero-order valence-corrected chi connectivity index (χ0v) is 14.3. The second-order valence-corrected chi connectivity index (χ2v) is 7.36. The molecule has 1 aromatic rings. The molecule has 0 amide bonds. The smallest absolute Gasteiger partial charge is 0.191 e. The molecule has 1 aromatic carbocycles. The highest BCUT2D eigenvalue weighted by atomic mass is 32.2. The lowest BCUT2D eigenvalue weighted by Crippen LogP contribution is -2.43. The lowest BCUT2D eigenvalue weighted by atomic mass is 10.1. The molecule has 1 heterocycles. The summed E-state index contributed by atoms with van der Waals surface area (Å²) in [7, 11) is 3.37. The van der Waals surface area contributed by atoms with Gasteiger partial charge >= 0.3 is 0 Å². The van der Waals surface area contributed by atoms with Crippen molar-refractivity contribution in [3.8, 4) is 11.5 Å². The number of rotatable bonds is 5. The van der Waals surface area contributed by atoms with Gasteiger partial charge < -0.3 is 20.5 Å². The summed E-state index contributed by atoms with van der Waals surface area (Å²) in [6.45, 7) is 3.67. The van der Waals surface area contributed by atoms with Crippen molar-refractivity contribution in [2.24, 2.45) is 4.99 Å². The number of guanidine groups is 1. The fourth-order valence-electron chi connectivity index (χ4n) is 2.48. The van der Waals surface area contributed by atoms with Crippen LogP contribution in [-0.4, -0.2) is 42.3 Å². The molecule has 5 nitrogen and oxygen atoms in total. The van der Waals surface area contributed by atoms with Gasteiger partial charge in [0.05, 0.1) is 7.11 Å². The fourth-order valence-corrected chi connectivity index (χ4v) is 3.72. The van der Waals surface area contributed by atoms with Crippen molar-refractivity contribution in [2.75, 3.05) is 26.5 Å². The van der Waals surface area contributed by atoms with Crippen molar-refractivity contribution in [1.29, 1.82) is 0 Å². The van der Waals surface area contributed by atoms with Gasteiger partial charge in [0.2, 0.25) is 0 Å². The Morgan fingerprint density at radius 1 is 1.45 bits per heavy atom. The summed E-state index contributed by atoms with van der Waals surface area (Å²) < 4.78 is 5.47. The van der Waals surface area contributed by atoms with Crippen molar-refractivity contribution in [1.82, 2.24) is 10.6 Å². The van der Waals surface area contributed by atoms with Gasteiger partial charge in [-0.25, -0.2) is 0 Å². The van der Waals surface area contributed by atoms with Gasteiger partial charge in [-0.1, -0.05) is 0 Å². The highest BCUT2D eigenvalue weighted by Crippen LogP contribution is 2.36. The third-order valence-electron chi connectivity index (χ3n) is 3.89. The molecule has 2 rings (SSSR count). The van der Waals surface area contributed by atoms with Crippen LogP contribution in [0.5, 0.6) is 11.5 Å². The summed E-state index contributed by atoms with van der Waals surface area (Å²) in [5.41, 5.74) is 0.781. The van der Waals surface area contributed by atoms with Gasteiger partial charge in [-0.3, -0.25) is 4.99 Å². The number of phenols is 1. The average molecular weight is 323 g/mol. The van der Waals surface area contributed by atoms with Gasteiger partial charge in [-0.2, -0.15) is 11.8 Å². The summed E-state index contributed by atoms with van der Waals surface area (Å²) in [5, 5.41) is 16.5. The summed E-state index contributed by atoms with van der Waals surface area (Å²) in [6.07, 6.45) is 2.52. The number of methoxy groups -OCH3 is 1. The largest absolute Gasteiger partial charge is 0.508 e. The molecule has 0 aliphatic carbocycles. The van der Waals surface area contributed by atoms with Crippen molar-refractivity contribution < 1.29 is 9.84 Å². The standard InChI is InChI=1S/C16H25N3O2S/c1-16(7-4-8-22-16)11-19-15(17-2)18-10-12-9-13(21-3)5-6-14(12)20/h5-6,9,20H,4,7-8,10-11H2,1-3H3,(H2,17,18,19). The van der Waals surface area contributed by atoms with Crippen LogP contribution in [0.25, 0.3) is 0 Å². The minimum Gasteiger partial charge on any atom is -0.508 e. The van der Waals surface area contributed by atoms with Crippen LogP contribution in [0.1, 0.15) is 25.3 Å². The van der Waals surface area contributed by atoms with Crippen LogP contribution in [-0.2, 0) is 6.54 Å². The van der Waals surface area contributed by atoms with Crippen LogP contribution in [0.3, 0.4) is 0 Å². The van der Waals surface area contributed by atoms with E-state index >= 15 is 0 Å². The van der Waals surface area contributed by atoms with Crippen LogP contribution < -0.4 is 15.4 Å². The number of nitrogens with one attached hydrogen (secondary N) is 2. The van der Waals surface area contributed by atoms with Gasteiger partial charge in [0.25, 0.3) is 0 Å². The quantitative estimate of drug-likeness (QED) is 0.573. The summed E-state index contributed by atoms with van der Waals surface area (Å²) in [6, 6.07) is 5.20. The van der Waals surface area contributed by atoms with Crippen molar-refractivity contribution in [3.05, 3.63) is 23.8 Å². The first kappa shape index (κ1) is 16.8. The number of ether oxygens (including phenoxy) is 1. The predicted molar refractivity (Wildman–Crippen MR) is 93.0 cm³/mol. The lowest BCUT2D eigenvalue weighted by molar-refractivity contribution is 0.410. The minimum atomic E-state index is 0.252. The maximum Gasteiger partial charge on any atom is 0.191 e. The molecular weight excluding hydrogens is 298 g/mol. The molecule has 22 heavy (non-hydrogen) atoms. The molecule has 122 valence electrons. The van der Waals surface area contributed by atoms with Gasteiger partial charge in [0.1, 0.15) is 11.5 Å². The van der Waals surface area contributed by atoms with Gasteiger partial charge in [0, 0.05) is 30.4 Å². The number of phenolic OH excluding ortho intramolecular Hbond substituents is 1. The van der Waals surface area contributed by atoms with E-state index in [0.717, 1.165) is 23.8 Å². The zero-order valence-electron chi connectivity index (χ0n) is 13.5. The lowest BCUT2D eigenvalue weighted by Gasteiger charge is -2.24. The van der Waals surface area contributed by atoms with E-state index in [-0.39, 0.29) is 10.5 Å². The van der Waals surface area contributed by atoms with Crippen LogP contribution >= 0.6 is 11.8 Å². The number of hydrogen-bond donors (Lipinski definition) is 3. The Hall–Kier alpha value is -1.56. The first-order valence-corrected chi connectivity index (χ1v) is 8.49. The molecular formula is C16H25N3O2S. The first-order chi connectivity index (χ1) is 10.6. The van der Waals surface area contributed by atoms with E-state index in [1.54, 1.807) is 26.3 Å². The third kappa shape index (κ3) is 4.47. The molecule has 1 saturated heterocycles. The summed E-state index contributed by atoms with van der Waals surface area (Å²) in [4.78, 5) is 4.24. The van der Waals surface area contributed by atoms with E-state index in [1.165, 1.54) is 18.6 Å². The minimum absolute atomic E-state index is 0.252. The van der Waals surface area contributed by atoms with E-state index in [0.29, 0.717) is 6.54 Å². The Labute approximate surface area is 136 Å². The Morgan fingerprint density at radius 2 is 2.27 bits per heavy atom. The van der Waals surface area contributed by atoms with E-state index < -0.39 is 0 Å². The summed E-state index contributed by atoms with van der Waals surface area (Å²) in [5.74, 6) is 2.97. The molecule has 1 fully saturated rings. The van der Waals surface area contributed by atoms with E-state index in [2.05, 4.69) is 22.5 Å². The molecule has 0 radical (unpaired) electrons. The van der Waals surface area contributed by atoms with Gasteiger partial charge in [0.15, 0.2) is 5.96 Å². The Kier molecular flexibility index (Phi) is 5.83. The molecule has 1 aliphatic heterocycles. The zero-order chi connectivity index (χ0) is 16.0. The molecule has 1 unspecified atom stereocenters. The second kappa shape index (κ2) is 7.63. The number of aliphatic imine (C=N–C) groups is 1. The van der Waals surface area contributed by atoms with Crippen molar-refractivity contribution in [2.45, 2.75) is 31.1 Å². The topological polar surface area (TPSA) is 65.9 Å². The Morgan fingerprint density at radius 3 is 2.91 bits per heavy atom. The maximum absolute atomic E-state index is 9.90. The highest BCUT2D eigenvalue weighted by molar-refractivity contribution is 8.00. The van der Waals surface area contributed by atoms with E-state index in [1.807, 2.05) is 17.8 Å². The first-order valence-electron chi connectivity index (χ1n) is 7.51. The van der Waals surface area contributed by atoms with Crippen LogP contribution in [0, 0.1) is 0 Å². The Balaban J connectivity index is 1.88. The second-order valence-electron chi connectivity index (χ2n) is 5.68. The number of thioether (sulfide) groups is 1. The fraction of sp³-hybridized carbons (Fsp3) is 0.562. The monoisotopic (exact) mass is 323 g/mol. The highest BCUT2D eigenvalue weighted by Gasteiger charge is 2.29.